The number of aromatic nitrogens is 3. The molecule has 0 saturated heterocycles. The first kappa shape index (κ1) is 15.0. The number of rotatable bonds is 3. The average Bonchev–Trinajstić information content (AvgIpc) is 2.76. The van der Waals surface area contributed by atoms with Crippen LogP contribution in [0.4, 0.5) is 5.69 Å². The second-order valence-electron chi connectivity index (χ2n) is 5.66. The van der Waals surface area contributed by atoms with Crippen molar-refractivity contribution in [2.24, 2.45) is 7.05 Å². The van der Waals surface area contributed by atoms with Gasteiger partial charge in [0.25, 0.3) is 0 Å². The fraction of sp³-hybridized carbons (Fsp3) is 0.235. The molecule has 118 valence electrons. The van der Waals surface area contributed by atoms with Gasteiger partial charge in [-0.1, -0.05) is 12.1 Å². The standard InChI is InChI=1S/C17H18N4O2/c1-11-4-5-12(2)13(8-11)19-16(22)10-21-15-9-18-7-6-14(15)20(3)17(21)23/h4-9H,10H2,1-3H3,(H,19,22). The summed E-state index contributed by atoms with van der Waals surface area (Å²) < 4.78 is 2.95. The summed E-state index contributed by atoms with van der Waals surface area (Å²) in [7, 11) is 1.68. The van der Waals surface area contributed by atoms with Crippen LogP contribution in [0.15, 0.2) is 41.5 Å². The number of hydrogen-bond donors (Lipinski definition) is 1. The number of aryl methyl sites for hydroxylation is 3. The summed E-state index contributed by atoms with van der Waals surface area (Å²) in [6, 6.07) is 7.63. The molecule has 0 atom stereocenters. The molecule has 6 heteroatoms. The van der Waals surface area contributed by atoms with Crippen LogP contribution in [0.1, 0.15) is 11.1 Å². The van der Waals surface area contributed by atoms with Gasteiger partial charge in [0.1, 0.15) is 6.54 Å². The number of carbonyl (C=O) groups excluding carboxylic acids is 1. The fourth-order valence-corrected chi connectivity index (χ4v) is 2.61. The smallest absolute Gasteiger partial charge is 0.324 e. The zero-order valence-corrected chi connectivity index (χ0v) is 13.3. The van der Waals surface area contributed by atoms with E-state index in [4.69, 9.17) is 0 Å². The molecular formula is C17H18N4O2. The molecule has 0 spiro atoms. The highest BCUT2D eigenvalue weighted by atomic mass is 16.2. The van der Waals surface area contributed by atoms with E-state index in [9.17, 15) is 9.59 Å². The zero-order valence-electron chi connectivity index (χ0n) is 13.3. The Kier molecular flexibility index (Phi) is 3.73. The van der Waals surface area contributed by atoms with Crippen molar-refractivity contribution in [3.05, 3.63) is 58.3 Å². The highest BCUT2D eigenvalue weighted by Crippen LogP contribution is 2.16. The van der Waals surface area contributed by atoms with Crippen molar-refractivity contribution in [3.8, 4) is 0 Å². The molecule has 0 unspecified atom stereocenters. The molecule has 3 aromatic rings. The predicted octanol–water partition coefficient (Wildman–Crippen LogP) is 1.99. The number of benzene rings is 1. The van der Waals surface area contributed by atoms with Crippen molar-refractivity contribution in [2.45, 2.75) is 20.4 Å². The Morgan fingerprint density at radius 1 is 1.22 bits per heavy atom. The van der Waals surface area contributed by atoms with Gasteiger partial charge in [0, 0.05) is 18.9 Å². The molecule has 2 heterocycles. The number of anilines is 1. The lowest BCUT2D eigenvalue weighted by molar-refractivity contribution is -0.116. The number of hydrogen-bond acceptors (Lipinski definition) is 3. The normalized spacial score (nSPS) is 10.9. The summed E-state index contributed by atoms with van der Waals surface area (Å²) >= 11 is 0. The third-order valence-electron chi connectivity index (χ3n) is 3.92. The van der Waals surface area contributed by atoms with Crippen LogP contribution in [0.5, 0.6) is 0 Å². The third kappa shape index (κ3) is 2.75. The van der Waals surface area contributed by atoms with E-state index in [2.05, 4.69) is 10.3 Å². The minimum atomic E-state index is -0.239. The Balaban J connectivity index is 1.91. The van der Waals surface area contributed by atoms with Crippen LogP contribution in [-0.2, 0) is 18.4 Å². The van der Waals surface area contributed by atoms with Gasteiger partial charge in [0.2, 0.25) is 5.91 Å². The van der Waals surface area contributed by atoms with Crippen LogP contribution >= 0.6 is 0 Å². The summed E-state index contributed by atoms with van der Waals surface area (Å²) in [6.45, 7) is 3.86. The van der Waals surface area contributed by atoms with E-state index in [0.29, 0.717) is 5.52 Å². The molecule has 0 aliphatic heterocycles. The minimum Gasteiger partial charge on any atom is -0.324 e. The SMILES string of the molecule is Cc1ccc(C)c(NC(=O)Cn2c(=O)n(C)c3ccncc32)c1. The van der Waals surface area contributed by atoms with Crippen molar-refractivity contribution in [1.82, 2.24) is 14.1 Å². The lowest BCUT2D eigenvalue weighted by Crippen LogP contribution is -2.28. The Labute approximate surface area is 133 Å². The number of nitrogens with one attached hydrogen (secondary N) is 1. The van der Waals surface area contributed by atoms with E-state index in [0.717, 1.165) is 22.3 Å². The molecule has 1 aromatic carbocycles. The summed E-state index contributed by atoms with van der Waals surface area (Å²) in [5, 5.41) is 2.87. The number of nitrogens with zero attached hydrogens (tertiary/aromatic N) is 3. The molecule has 23 heavy (non-hydrogen) atoms. The lowest BCUT2D eigenvalue weighted by atomic mass is 10.1. The maximum atomic E-state index is 12.4. The summed E-state index contributed by atoms with van der Waals surface area (Å²) in [4.78, 5) is 28.7. The molecule has 0 radical (unpaired) electrons. The van der Waals surface area contributed by atoms with Gasteiger partial charge in [0.15, 0.2) is 0 Å². The quantitative estimate of drug-likeness (QED) is 0.804. The van der Waals surface area contributed by atoms with Crippen LogP contribution < -0.4 is 11.0 Å². The second-order valence-corrected chi connectivity index (χ2v) is 5.66. The molecule has 1 N–H and O–H groups in total. The van der Waals surface area contributed by atoms with Gasteiger partial charge in [-0.2, -0.15) is 0 Å². The molecule has 2 aromatic heterocycles. The first-order valence-corrected chi connectivity index (χ1v) is 7.33. The van der Waals surface area contributed by atoms with E-state index in [-0.39, 0.29) is 18.1 Å². The maximum absolute atomic E-state index is 12.4. The number of imidazole rings is 1. The highest BCUT2D eigenvalue weighted by molar-refractivity contribution is 5.92. The van der Waals surface area contributed by atoms with Crippen LogP contribution in [0.25, 0.3) is 11.0 Å². The summed E-state index contributed by atoms with van der Waals surface area (Å²) in [6.07, 6.45) is 3.23. The number of pyridine rings is 1. The topological polar surface area (TPSA) is 68.9 Å². The van der Waals surface area contributed by atoms with Gasteiger partial charge in [-0.25, -0.2) is 4.79 Å². The van der Waals surface area contributed by atoms with Crippen LogP contribution in [0, 0.1) is 13.8 Å². The molecule has 1 amide bonds. The molecule has 6 nitrogen and oxygen atoms in total. The number of fused-ring (bicyclic) bond motifs is 1. The summed E-state index contributed by atoms with van der Waals surface area (Å²) in [5.74, 6) is -0.239. The molecule has 3 rings (SSSR count). The van der Waals surface area contributed by atoms with Gasteiger partial charge in [-0.3, -0.25) is 18.9 Å². The average molecular weight is 310 g/mol. The number of carbonyl (C=O) groups is 1. The van der Waals surface area contributed by atoms with Crippen LogP contribution in [-0.4, -0.2) is 20.0 Å². The number of amides is 1. The monoisotopic (exact) mass is 310 g/mol. The molecular weight excluding hydrogens is 292 g/mol. The Hall–Kier alpha value is -2.89. The van der Waals surface area contributed by atoms with Gasteiger partial charge in [0.05, 0.1) is 17.2 Å². The van der Waals surface area contributed by atoms with Gasteiger partial charge < -0.3 is 5.32 Å². The van der Waals surface area contributed by atoms with Crippen molar-refractivity contribution in [1.29, 1.82) is 0 Å². The minimum absolute atomic E-state index is 0.0464. The van der Waals surface area contributed by atoms with Crippen molar-refractivity contribution in [2.75, 3.05) is 5.32 Å². The van der Waals surface area contributed by atoms with Crippen LogP contribution in [0.3, 0.4) is 0 Å². The highest BCUT2D eigenvalue weighted by Gasteiger charge is 2.14. The Bertz CT molecular complexity index is 953. The lowest BCUT2D eigenvalue weighted by Gasteiger charge is -2.09. The molecule has 0 aliphatic rings. The van der Waals surface area contributed by atoms with Crippen molar-refractivity contribution in [3.63, 3.8) is 0 Å². The van der Waals surface area contributed by atoms with Crippen LogP contribution in [0.2, 0.25) is 0 Å². The largest absolute Gasteiger partial charge is 0.329 e. The molecule has 0 bridgehead atoms. The van der Waals surface area contributed by atoms with E-state index < -0.39 is 0 Å². The Morgan fingerprint density at radius 3 is 2.78 bits per heavy atom. The Morgan fingerprint density at radius 2 is 2.00 bits per heavy atom. The predicted molar refractivity (Wildman–Crippen MR) is 89.5 cm³/mol. The molecule has 0 saturated carbocycles. The second kappa shape index (κ2) is 5.72. The molecule has 0 aliphatic carbocycles. The first-order chi connectivity index (χ1) is 11.0. The van der Waals surface area contributed by atoms with Crippen molar-refractivity contribution < 1.29 is 4.79 Å². The van der Waals surface area contributed by atoms with Gasteiger partial charge in [-0.05, 0) is 37.1 Å². The van der Waals surface area contributed by atoms with E-state index in [1.165, 1.54) is 9.13 Å². The first-order valence-electron chi connectivity index (χ1n) is 7.33. The zero-order chi connectivity index (χ0) is 16.6. The summed E-state index contributed by atoms with van der Waals surface area (Å²) in [5.41, 5.74) is 3.99. The van der Waals surface area contributed by atoms with E-state index in [1.807, 2.05) is 32.0 Å². The fourth-order valence-electron chi connectivity index (χ4n) is 2.61. The van der Waals surface area contributed by atoms with Gasteiger partial charge in [-0.15, -0.1) is 0 Å². The molecule has 0 fully saturated rings. The van der Waals surface area contributed by atoms with Crippen molar-refractivity contribution >= 4 is 22.6 Å². The van der Waals surface area contributed by atoms with Gasteiger partial charge >= 0.3 is 5.69 Å². The van der Waals surface area contributed by atoms with E-state index >= 15 is 0 Å². The third-order valence-corrected chi connectivity index (χ3v) is 3.92. The van der Waals surface area contributed by atoms with E-state index in [1.54, 1.807) is 25.5 Å². The maximum Gasteiger partial charge on any atom is 0.329 e.